The molecule has 1 fully saturated rings. The molecule has 0 radical (unpaired) electrons. The van der Waals surface area contributed by atoms with Crippen molar-refractivity contribution in [1.29, 1.82) is 0 Å². The van der Waals surface area contributed by atoms with Gasteiger partial charge in [-0.15, -0.1) is 0 Å². The van der Waals surface area contributed by atoms with Gasteiger partial charge < -0.3 is 10.6 Å². The van der Waals surface area contributed by atoms with E-state index in [4.69, 9.17) is 5.73 Å². The molecule has 1 aliphatic heterocycles. The van der Waals surface area contributed by atoms with Crippen molar-refractivity contribution in [2.75, 3.05) is 18.0 Å². The Kier molecular flexibility index (Phi) is 5.07. The van der Waals surface area contributed by atoms with Crippen molar-refractivity contribution in [2.24, 2.45) is 5.73 Å². The van der Waals surface area contributed by atoms with Crippen LogP contribution in [0.15, 0.2) is 22.7 Å². The largest absolute Gasteiger partial charge is 0.371 e. The average Bonchev–Trinajstić information content (AvgIpc) is 2.27. The average molecular weight is 311 g/mol. The summed E-state index contributed by atoms with van der Waals surface area (Å²) in [6, 6.07) is 6.56. The van der Waals surface area contributed by atoms with Gasteiger partial charge in [0.2, 0.25) is 0 Å². The Hall–Kier alpha value is -0.540. The zero-order valence-corrected chi connectivity index (χ0v) is 12.7. The third-order valence-corrected chi connectivity index (χ3v) is 4.17. The Morgan fingerprint density at radius 2 is 1.72 bits per heavy atom. The highest BCUT2D eigenvalue weighted by atomic mass is 79.9. The molecule has 0 spiro atoms. The molecule has 1 aromatic carbocycles. The normalized spacial score (nSPS) is 19.2. The van der Waals surface area contributed by atoms with Crippen molar-refractivity contribution in [3.8, 4) is 0 Å². The van der Waals surface area contributed by atoms with Crippen LogP contribution in [0, 0.1) is 0 Å². The zero-order valence-electron chi connectivity index (χ0n) is 11.2. The van der Waals surface area contributed by atoms with Gasteiger partial charge in [0.25, 0.3) is 0 Å². The first-order valence-electron chi connectivity index (χ1n) is 6.98. The second-order valence-electron chi connectivity index (χ2n) is 5.25. The van der Waals surface area contributed by atoms with Gasteiger partial charge in [0.15, 0.2) is 0 Å². The van der Waals surface area contributed by atoms with E-state index in [0.29, 0.717) is 0 Å². The fourth-order valence-electron chi connectivity index (χ4n) is 2.66. The van der Waals surface area contributed by atoms with Gasteiger partial charge in [-0.2, -0.15) is 0 Å². The van der Waals surface area contributed by atoms with Gasteiger partial charge in [-0.25, -0.2) is 0 Å². The molecule has 2 nitrogen and oxygen atoms in total. The maximum absolute atomic E-state index is 6.10. The van der Waals surface area contributed by atoms with Gasteiger partial charge >= 0.3 is 0 Å². The van der Waals surface area contributed by atoms with E-state index >= 15 is 0 Å². The summed E-state index contributed by atoms with van der Waals surface area (Å²) in [7, 11) is 0. The van der Waals surface area contributed by atoms with Crippen LogP contribution < -0.4 is 10.6 Å². The first-order chi connectivity index (χ1) is 8.68. The molecule has 0 bridgehead atoms. The summed E-state index contributed by atoms with van der Waals surface area (Å²) >= 11 is 3.58. The Labute approximate surface area is 119 Å². The van der Waals surface area contributed by atoms with Crippen molar-refractivity contribution in [2.45, 2.75) is 45.1 Å². The third kappa shape index (κ3) is 3.48. The standard InChI is InChI=1S/C15H23BrN2/c1-12(17)14-8-7-13(16)11-15(14)18-9-5-3-2-4-6-10-18/h7-8,11-12H,2-6,9-10,17H2,1H3. The van der Waals surface area contributed by atoms with Crippen LogP contribution in [-0.4, -0.2) is 13.1 Å². The van der Waals surface area contributed by atoms with E-state index in [0.717, 1.165) is 17.6 Å². The second kappa shape index (κ2) is 6.58. The Morgan fingerprint density at radius 1 is 1.11 bits per heavy atom. The van der Waals surface area contributed by atoms with Crippen LogP contribution in [0.1, 0.15) is 50.6 Å². The first kappa shape index (κ1) is 13.9. The fourth-order valence-corrected chi connectivity index (χ4v) is 3.01. The minimum absolute atomic E-state index is 0.0959. The van der Waals surface area contributed by atoms with E-state index in [1.807, 2.05) is 0 Å². The number of nitrogens with two attached hydrogens (primary N) is 1. The van der Waals surface area contributed by atoms with Crippen molar-refractivity contribution < 1.29 is 0 Å². The van der Waals surface area contributed by atoms with E-state index in [2.05, 4.69) is 46.0 Å². The number of rotatable bonds is 2. The zero-order chi connectivity index (χ0) is 13.0. The molecule has 100 valence electrons. The molecule has 18 heavy (non-hydrogen) atoms. The van der Waals surface area contributed by atoms with Crippen molar-refractivity contribution >= 4 is 21.6 Å². The van der Waals surface area contributed by atoms with Gasteiger partial charge in [0, 0.05) is 29.3 Å². The van der Waals surface area contributed by atoms with Gasteiger partial charge in [-0.1, -0.05) is 41.3 Å². The molecular formula is C15H23BrN2. The van der Waals surface area contributed by atoms with Crippen molar-refractivity contribution in [3.05, 3.63) is 28.2 Å². The summed E-state index contributed by atoms with van der Waals surface area (Å²) in [5, 5.41) is 0. The van der Waals surface area contributed by atoms with Crippen molar-refractivity contribution in [1.82, 2.24) is 0 Å². The van der Waals surface area contributed by atoms with Crippen LogP contribution in [0.2, 0.25) is 0 Å². The monoisotopic (exact) mass is 310 g/mol. The number of hydrogen-bond donors (Lipinski definition) is 1. The summed E-state index contributed by atoms with van der Waals surface area (Å²) in [5.74, 6) is 0. The maximum atomic E-state index is 6.10. The van der Waals surface area contributed by atoms with Crippen LogP contribution in [0.3, 0.4) is 0 Å². The molecule has 1 saturated heterocycles. The van der Waals surface area contributed by atoms with Crippen LogP contribution in [0.4, 0.5) is 5.69 Å². The summed E-state index contributed by atoms with van der Waals surface area (Å²) < 4.78 is 1.14. The molecule has 3 heteroatoms. The Bertz CT molecular complexity index is 382. The number of nitrogens with zero attached hydrogens (tertiary/aromatic N) is 1. The van der Waals surface area contributed by atoms with E-state index in [1.54, 1.807) is 0 Å². The molecule has 1 aliphatic rings. The number of hydrogen-bond acceptors (Lipinski definition) is 2. The molecule has 0 aliphatic carbocycles. The molecule has 2 N–H and O–H groups in total. The van der Waals surface area contributed by atoms with E-state index < -0.39 is 0 Å². The molecular weight excluding hydrogens is 288 g/mol. The highest BCUT2D eigenvalue weighted by Gasteiger charge is 2.15. The van der Waals surface area contributed by atoms with Gasteiger partial charge in [-0.3, -0.25) is 0 Å². The topological polar surface area (TPSA) is 29.3 Å². The molecule has 1 heterocycles. The summed E-state index contributed by atoms with van der Waals surface area (Å²) in [6.45, 7) is 4.39. The summed E-state index contributed by atoms with van der Waals surface area (Å²) in [5.41, 5.74) is 8.68. The lowest BCUT2D eigenvalue weighted by atomic mass is 10.0. The Morgan fingerprint density at radius 3 is 2.33 bits per heavy atom. The highest BCUT2D eigenvalue weighted by Crippen LogP contribution is 2.30. The van der Waals surface area contributed by atoms with Crippen LogP contribution in [0.5, 0.6) is 0 Å². The third-order valence-electron chi connectivity index (χ3n) is 3.68. The molecule has 1 aromatic rings. The minimum atomic E-state index is 0.0959. The summed E-state index contributed by atoms with van der Waals surface area (Å²) in [6.07, 6.45) is 6.71. The lowest BCUT2D eigenvalue weighted by molar-refractivity contribution is 0.554. The summed E-state index contributed by atoms with van der Waals surface area (Å²) in [4.78, 5) is 2.52. The van der Waals surface area contributed by atoms with Crippen LogP contribution >= 0.6 is 15.9 Å². The van der Waals surface area contributed by atoms with Crippen LogP contribution in [0.25, 0.3) is 0 Å². The number of benzene rings is 1. The molecule has 0 aromatic heterocycles. The predicted octanol–water partition coefficient (Wildman–Crippen LogP) is 4.24. The lowest BCUT2D eigenvalue weighted by Crippen LogP contribution is -2.28. The maximum Gasteiger partial charge on any atom is 0.0425 e. The fraction of sp³-hybridized carbons (Fsp3) is 0.600. The van der Waals surface area contributed by atoms with Gasteiger partial charge in [0.05, 0.1) is 0 Å². The molecule has 1 atom stereocenters. The smallest absolute Gasteiger partial charge is 0.0425 e. The molecule has 1 unspecified atom stereocenters. The number of anilines is 1. The quantitative estimate of drug-likeness (QED) is 0.885. The van der Waals surface area contributed by atoms with Gasteiger partial charge in [-0.05, 0) is 37.5 Å². The lowest BCUT2D eigenvalue weighted by Gasteiger charge is -2.30. The first-order valence-corrected chi connectivity index (χ1v) is 7.78. The van der Waals surface area contributed by atoms with E-state index in [-0.39, 0.29) is 6.04 Å². The Balaban J connectivity index is 2.25. The second-order valence-corrected chi connectivity index (χ2v) is 6.16. The molecule has 0 saturated carbocycles. The van der Waals surface area contributed by atoms with E-state index in [9.17, 15) is 0 Å². The van der Waals surface area contributed by atoms with Gasteiger partial charge in [0.1, 0.15) is 0 Å². The SMILES string of the molecule is CC(N)c1ccc(Br)cc1N1CCCCCCC1. The van der Waals surface area contributed by atoms with Crippen LogP contribution in [-0.2, 0) is 0 Å². The minimum Gasteiger partial charge on any atom is -0.371 e. The molecule has 2 rings (SSSR count). The highest BCUT2D eigenvalue weighted by molar-refractivity contribution is 9.10. The van der Waals surface area contributed by atoms with E-state index in [1.165, 1.54) is 43.4 Å². The van der Waals surface area contributed by atoms with Crippen molar-refractivity contribution in [3.63, 3.8) is 0 Å². The predicted molar refractivity (Wildman–Crippen MR) is 82.0 cm³/mol. The molecule has 0 amide bonds. The number of halogens is 1.